The molecule has 0 aliphatic rings. The third kappa shape index (κ3) is 4.44. The highest BCUT2D eigenvalue weighted by molar-refractivity contribution is 7.15. The lowest BCUT2D eigenvalue weighted by Gasteiger charge is -2.03. The molecular weight excluding hydrogens is 377 g/mol. The molecule has 0 saturated carbocycles. The molecule has 3 rings (SSSR count). The summed E-state index contributed by atoms with van der Waals surface area (Å²) in [5.74, 6) is -0.0651. The summed E-state index contributed by atoms with van der Waals surface area (Å²) in [6.07, 6.45) is 1.57. The summed E-state index contributed by atoms with van der Waals surface area (Å²) in [6, 6.07) is 12.9. The van der Waals surface area contributed by atoms with Crippen LogP contribution in [-0.4, -0.2) is 23.2 Å². The van der Waals surface area contributed by atoms with E-state index in [0.717, 1.165) is 11.3 Å². The zero-order valence-corrected chi connectivity index (χ0v) is 15.1. The lowest BCUT2D eigenvalue weighted by molar-refractivity contribution is 0.102. The number of halogens is 2. The molecule has 0 unspecified atom stereocenters. The lowest BCUT2D eigenvalue weighted by atomic mass is 10.2. The molecule has 0 fully saturated rings. The molecule has 1 amide bonds. The molecule has 5 nitrogen and oxygen atoms in total. The molecule has 8 heteroatoms. The molecule has 2 aromatic carbocycles. The second-order valence-electron chi connectivity index (χ2n) is 5.14. The number of carbonyl (C=O) groups is 1. The first-order chi connectivity index (χ1) is 12.5. The van der Waals surface area contributed by atoms with E-state index in [1.54, 1.807) is 49.6 Å². The maximum atomic E-state index is 13.2. The van der Waals surface area contributed by atoms with Crippen LogP contribution in [0.25, 0.3) is 11.1 Å². The molecule has 0 radical (unpaired) electrons. The molecule has 0 saturated heterocycles. The minimum atomic E-state index is -0.394. The standard InChI is InChI=1S/C18H13ClFN3O2S/c1-25-14-7-5-13(6-8-14)21-16(24)18-23-22-17(26-18)15(19)10-11-3-2-4-12(20)9-11/h2-10H,1H3,(H,21,24). The summed E-state index contributed by atoms with van der Waals surface area (Å²) in [6.45, 7) is 0. The van der Waals surface area contributed by atoms with Gasteiger partial charge in [0.25, 0.3) is 5.91 Å². The van der Waals surface area contributed by atoms with E-state index in [2.05, 4.69) is 15.5 Å². The predicted molar refractivity (Wildman–Crippen MR) is 101 cm³/mol. The van der Waals surface area contributed by atoms with Crippen molar-refractivity contribution in [2.45, 2.75) is 0 Å². The number of hydrogen-bond acceptors (Lipinski definition) is 5. The Morgan fingerprint density at radius 1 is 1.19 bits per heavy atom. The number of carbonyl (C=O) groups excluding carboxylic acids is 1. The van der Waals surface area contributed by atoms with E-state index in [1.165, 1.54) is 12.1 Å². The zero-order chi connectivity index (χ0) is 18.5. The van der Waals surface area contributed by atoms with Gasteiger partial charge in [0, 0.05) is 5.69 Å². The highest BCUT2D eigenvalue weighted by Crippen LogP contribution is 2.26. The minimum Gasteiger partial charge on any atom is -0.497 e. The second kappa shape index (κ2) is 8.07. The van der Waals surface area contributed by atoms with Gasteiger partial charge in [-0.2, -0.15) is 0 Å². The Morgan fingerprint density at radius 3 is 2.62 bits per heavy atom. The Morgan fingerprint density at radius 2 is 1.92 bits per heavy atom. The van der Waals surface area contributed by atoms with E-state index in [-0.39, 0.29) is 15.9 Å². The molecule has 1 N–H and O–H groups in total. The van der Waals surface area contributed by atoms with Crippen molar-refractivity contribution in [1.29, 1.82) is 0 Å². The fourth-order valence-electron chi connectivity index (χ4n) is 2.07. The quantitative estimate of drug-likeness (QED) is 0.688. The highest BCUT2D eigenvalue weighted by Gasteiger charge is 2.15. The third-order valence-corrected chi connectivity index (χ3v) is 4.67. The van der Waals surface area contributed by atoms with Gasteiger partial charge in [0.15, 0.2) is 5.01 Å². The van der Waals surface area contributed by atoms with E-state index in [4.69, 9.17) is 16.3 Å². The summed E-state index contributed by atoms with van der Waals surface area (Å²) in [4.78, 5) is 12.3. The molecule has 3 aromatic rings. The van der Waals surface area contributed by atoms with Crippen LogP contribution in [0.4, 0.5) is 10.1 Å². The van der Waals surface area contributed by atoms with Crippen LogP contribution < -0.4 is 10.1 Å². The topological polar surface area (TPSA) is 64.1 Å². The van der Waals surface area contributed by atoms with Crippen LogP contribution in [0.5, 0.6) is 5.75 Å². The summed E-state index contributed by atoms with van der Waals surface area (Å²) in [5.41, 5.74) is 1.20. The Balaban J connectivity index is 1.72. The van der Waals surface area contributed by atoms with Crippen LogP contribution in [0.15, 0.2) is 48.5 Å². The average molecular weight is 390 g/mol. The highest BCUT2D eigenvalue weighted by atomic mass is 35.5. The fraction of sp³-hybridized carbons (Fsp3) is 0.0556. The lowest BCUT2D eigenvalue weighted by Crippen LogP contribution is -2.11. The van der Waals surface area contributed by atoms with Gasteiger partial charge in [-0.15, -0.1) is 10.2 Å². The van der Waals surface area contributed by atoms with Gasteiger partial charge in [-0.25, -0.2) is 4.39 Å². The molecule has 1 heterocycles. The van der Waals surface area contributed by atoms with Gasteiger partial charge in [-0.05, 0) is 48.0 Å². The molecule has 0 aliphatic heterocycles. The first-order valence-electron chi connectivity index (χ1n) is 7.47. The summed E-state index contributed by atoms with van der Waals surface area (Å²) >= 11 is 7.25. The second-order valence-corrected chi connectivity index (χ2v) is 6.53. The Bertz CT molecular complexity index is 957. The van der Waals surface area contributed by atoms with Crippen LogP contribution in [0.1, 0.15) is 20.4 Å². The number of rotatable bonds is 5. The fourth-order valence-corrected chi connectivity index (χ4v) is 3.00. The van der Waals surface area contributed by atoms with Crippen molar-refractivity contribution < 1.29 is 13.9 Å². The monoisotopic (exact) mass is 389 g/mol. The van der Waals surface area contributed by atoms with Crippen LogP contribution in [-0.2, 0) is 0 Å². The van der Waals surface area contributed by atoms with Crippen molar-refractivity contribution in [3.05, 3.63) is 69.9 Å². The molecule has 0 bridgehead atoms. The molecule has 26 heavy (non-hydrogen) atoms. The van der Waals surface area contributed by atoms with Gasteiger partial charge in [0.05, 0.1) is 12.1 Å². The van der Waals surface area contributed by atoms with Crippen LogP contribution >= 0.6 is 22.9 Å². The normalized spacial score (nSPS) is 11.3. The van der Waals surface area contributed by atoms with E-state index in [0.29, 0.717) is 22.0 Å². The number of anilines is 1. The molecule has 1 aromatic heterocycles. The summed E-state index contributed by atoms with van der Waals surface area (Å²) in [5, 5.41) is 11.3. The summed E-state index contributed by atoms with van der Waals surface area (Å²) in [7, 11) is 1.57. The molecule has 132 valence electrons. The van der Waals surface area contributed by atoms with Gasteiger partial charge >= 0.3 is 0 Å². The number of benzene rings is 2. The van der Waals surface area contributed by atoms with Crippen LogP contribution in [0, 0.1) is 5.82 Å². The number of hydrogen-bond donors (Lipinski definition) is 1. The van der Waals surface area contributed by atoms with E-state index < -0.39 is 5.91 Å². The Hall–Kier alpha value is -2.77. The number of nitrogens with zero attached hydrogens (tertiary/aromatic N) is 2. The van der Waals surface area contributed by atoms with E-state index in [1.807, 2.05) is 0 Å². The number of methoxy groups -OCH3 is 1. The maximum absolute atomic E-state index is 13.2. The van der Waals surface area contributed by atoms with Gasteiger partial charge in [0.2, 0.25) is 5.01 Å². The SMILES string of the molecule is COc1ccc(NC(=O)c2nnc(C(Cl)=Cc3cccc(F)c3)s2)cc1. The smallest absolute Gasteiger partial charge is 0.286 e. The largest absolute Gasteiger partial charge is 0.497 e. The molecule has 0 atom stereocenters. The van der Waals surface area contributed by atoms with Crippen molar-refractivity contribution in [3.63, 3.8) is 0 Å². The van der Waals surface area contributed by atoms with E-state index >= 15 is 0 Å². The number of ether oxygens (including phenoxy) is 1. The zero-order valence-electron chi connectivity index (χ0n) is 13.6. The van der Waals surface area contributed by atoms with E-state index in [9.17, 15) is 9.18 Å². The van der Waals surface area contributed by atoms with Crippen molar-refractivity contribution >= 4 is 45.6 Å². The van der Waals surface area contributed by atoms with Gasteiger partial charge in [0.1, 0.15) is 11.6 Å². The molecular formula is C18H13ClFN3O2S. The minimum absolute atomic E-state index is 0.168. The van der Waals surface area contributed by atoms with Gasteiger partial charge in [-0.1, -0.05) is 35.1 Å². The van der Waals surface area contributed by atoms with Crippen molar-refractivity contribution in [2.75, 3.05) is 12.4 Å². The molecule has 0 spiro atoms. The van der Waals surface area contributed by atoms with Crippen molar-refractivity contribution in [2.24, 2.45) is 0 Å². The number of aromatic nitrogens is 2. The molecule has 0 aliphatic carbocycles. The van der Waals surface area contributed by atoms with Crippen molar-refractivity contribution in [3.8, 4) is 5.75 Å². The first-order valence-corrected chi connectivity index (χ1v) is 8.66. The van der Waals surface area contributed by atoms with Gasteiger partial charge < -0.3 is 10.1 Å². The predicted octanol–water partition coefficient (Wildman–Crippen LogP) is 4.68. The third-order valence-electron chi connectivity index (χ3n) is 3.31. The van der Waals surface area contributed by atoms with Gasteiger partial charge in [-0.3, -0.25) is 4.79 Å². The number of amides is 1. The Kier molecular flexibility index (Phi) is 5.60. The summed E-state index contributed by atoms with van der Waals surface area (Å²) < 4.78 is 18.3. The van der Waals surface area contributed by atoms with Crippen LogP contribution in [0.2, 0.25) is 0 Å². The van der Waals surface area contributed by atoms with Crippen LogP contribution in [0.3, 0.4) is 0 Å². The van der Waals surface area contributed by atoms with Crippen molar-refractivity contribution in [1.82, 2.24) is 10.2 Å². The Labute approximate surface area is 158 Å². The number of nitrogens with one attached hydrogen (secondary N) is 1. The average Bonchev–Trinajstić information content (AvgIpc) is 3.13. The maximum Gasteiger partial charge on any atom is 0.286 e. The first kappa shape index (κ1) is 18.0.